The van der Waals surface area contributed by atoms with Gasteiger partial charge in [0.2, 0.25) is 5.91 Å². The molecule has 7 heteroatoms. The van der Waals surface area contributed by atoms with Crippen LogP contribution in [-0.4, -0.2) is 11.1 Å². The summed E-state index contributed by atoms with van der Waals surface area (Å²) in [6.07, 6.45) is -0.0289. The summed E-state index contributed by atoms with van der Waals surface area (Å²) in [7, 11) is 0. The molecule has 3 rings (SSSR count). The van der Waals surface area contributed by atoms with Gasteiger partial charge in [-0.25, -0.2) is 8.78 Å². The number of nitrogens with one attached hydrogen (secondary N) is 1. The molecule has 1 aromatic heterocycles. The van der Waals surface area contributed by atoms with Gasteiger partial charge in [0.15, 0.2) is 5.76 Å². The molecular weight excluding hydrogens is 382 g/mol. The highest BCUT2D eigenvalue weighted by molar-refractivity contribution is 9.10. The number of halogens is 3. The maximum Gasteiger partial charge on any atom is 0.230 e. The highest BCUT2D eigenvalue weighted by atomic mass is 79.9. The van der Waals surface area contributed by atoms with Gasteiger partial charge in [-0.3, -0.25) is 4.79 Å². The Bertz CT molecular complexity index is 896. The molecule has 0 radical (unpaired) electrons. The summed E-state index contributed by atoms with van der Waals surface area (Å²) in [4.78, 5) is 12.0. The first-order valence-corrected chi connectivity index (χ1v) is 7.77. The molecule has 0 aliphatic rings. The lowest BCUT2D eigenvalue weighted by atomic mass is 10.1. The van der Waals surface area contributed by atoms with E-state index in [4.69, 9.17) is 4.52 Å². The quantitative estimate of drug-likeness (QED) is 0.707. The molecule has 1 N–H and O–H groups in total. The molecule has 0 fully saturated rings. The Morgan fingerprint density at radius 3 is 2.75 bits per heavy atom. The zero-order valence-electron chi connectivity index (χ0n) is 12.2. The zero-order chi connectivity index (χ0) is 17.1. The molecule has 3 aromatic rings. The zero-order valence-corrected chi connectivity index (χ0v) is 13.8. The molecule has 0 saturated heterocycles. The molecule has 0 unspecified atom stereocenters. The Kier molecular flexibility index (Phi) is 4.71. The molecule has 0 aliphatic heterocycles. The minimum absolute atomic E-state index is 0.0289. The van der Waals surface area contributed by atoms with Crippen molar-refractivity contribution in [3.63, 3.8) is 0 Å². The van der Waals surface area contributed by atoms with E-state index in [1.54, 1.807) is 18.2 Å². The second kappa shape index (κ2) is 6.92. The largest absolute Gasteiger partial charge is 0.356 e. The van der Waals surface area contributed by atoms with Crippen molar-refractivity contribution in [3.8, 4) is 11.3 Å². The number of hydrogen-bond acceptors (Lipinski definition) is 3. The van der Waals surface area contributed by atoms with Gasteiger partial charge < -0.3 is 9.84 Å². The average molecular weight is 393 g/mol. The van der Waals surface area contributed by atoms with Gasteiger partial charge in [-0.05, 0) is 30.3 Å². The smallest absolute Gasteiger partial charge is 0.230 e. The summed E-state index contributed by atoms with van der Waals surface area (Å²) in [6, 6.07) is 11.8. The van der Waals surface area contributed by atoms with E-state index in [2.05, 4.69) is 26.4 Å². The molecule has 122 valence electrons. The minimum atomic E-state index is -0.753. The third-order valence-electron chi connectivity index (χ3n) is 3.21. The van der Waals surface area contributed by atoms with Crippen molar-refractivity contribution in [2.24, 2.45) is 0 Å². The predicted octanol–water partition coefficient (Wildman–Crippen LogP) is 4.56. The van der Waals surface area contributed by atoms with E-state index in [0.29, 0.717) is 11.4 Å². The van der Waals surface area contributed by atoms with Crippen LogP contribution in [0.15, 0.2) is 57.5 Å². The topological polar surface area (TPSA) is 55.1 Å². The van der Waals surface area contributed by atoms with E-state index in [0.717, 1.165) is 16.6 Å². The summed E-state index contributed by atoms with van der Waals surface area (Å²) < 4.78 is 32.5. The number of carbonyl (C=O) groups is 1. The molecular formula is C17H11BrF2N2O2. The third-order valence-corrected chi connectivity index (χ3v) is 3.70. The van der Waals surface area contributed by atoms with Gasteiger partial charge in [-0.1, -0.05) is 27.2 Å². The van der Waals surface area contributed by atoms with E-state index < -0.39 is 11.6 Å². The molecule has 0 aliphatic carbocycles. The highest BCUT2D eigenvalue weighted by Gasteiger charge is 2.14. The van der Waals surface area contributed by atoms with Crippen molar-refractivity contribution < 1.29 is 18.1 Å². The van der Waals surface area contributed by atoms with Gasteiger partial charge in [-0.15, -0.1) is 0 Å². The van der Waals surface area contributed by atoms with Crippen LogP contribution in [0.25, 0.3) is 11.3 Å². The normalized spacial score (nSPS) is 10.6. The highest BCUT2D eigenvalue weighted by Crippen LogP contribution is 2.24. The Morgan fingerprint density at radius 1 is 1.17 bits per heavy atom. The van der Waals surface area contributed by atoms with E-state index in [1.807, 2.05) is 6.07 Å². The molecule has 24 heavy (non-hydrogen) atoms. The van der Waals surface area contributed by atoms with Crippen LogP contribution in [0.2, 0.25) is 0 Å². The predicted molar refractivity (Wildman–Crippen MR) is 88.3 cm³/mol. The number of hydrogen-bond donors (Lipinski definition) is 1. The van der Waals surface area contributed by atoms with Crippen LogP contribution >= 0.6 is 15.9 Å². The number of nitrogens with zero attached hydrogens (tertiary/aromatic N) is 1. The lowest BCUT2D eigenvalue weighted by molar-refractivity contribution is -0.115. The second-order valence-corrected chi connectivity index (χ2v) is 5.96. The van der Waals surface area contributed by atoms with Crippen LogP contribution in [0, 0.1) is 11.6 Å². The standard InChI is InChI=1S/C17H11BrF2N2O2/c18-10-2-1-3-12(6-10)21-17(23)9-13-8-16(24-22-13)14-5-4-11(19)7-15(14)20/h1-8H,9H2,(H,21,23). The number of aromatic nitrogens is 1. The summed E-state index contributed by atoms with van der Waals surface area (Å²) in [5.74, 6) is -1.58. The molecule has 1 amide bonds. The Hall–Kier alpha value is -2.54. The molecule has 1 heterocycles. The van der Waals surface area contributed by atoms with E-state index in [1.165, 1.54) is 12.1 Å². The number of benzene rings is 2. The van der Waals surface area contributed by atoms with Crippen molar-refractivity contribution in [2.45, 2.75) is 6.42 Å². The molecule has 0 bridgehead atoms. The van der Waals surface area contributed by atoms with Gasteiger partial charge in [0.25, 0.3) is 0 Å². The first-order chi connectivity index (χ1) is 11.5. The molecule has 4 nitrogen and oxygen atoms in total. The van der Waals surface area contributed by atoms with Gasteiger partial charge in [0.1, 0.15) is 11.6 Å². The maximum absolute atomic E-state index is 13.7. The van der Waals surface area contributed by atoms with E-state index in [-0.39, 0.29) is 23.7 Å². The van der Waals surface area contributed by atoms with E-state index in [9.17, 15) is 13.6 Å². The van der Waals surface area contributed by atoms with Crippen molar-refractivity contribution in [2.75, 3.05) is 5.32 Å². The number of anilines is 1. The number of carbonyl (C=O) groups excluding carboxylic acids is 1. The van der Waals surface area contributed by atoms with Crippen LogP contribution in [0.3, 0.4) is 0 Å². The second-order valence-electron chi connectivity index (χ2n) is 5.04. The lowest BCUT2D eigenvalue weighted by Gasteiger charge is -2.03. The summed E-state index contributed by atoms with van der Waals surface area (Å²) >= 11 is 3.32. The van der Waals surface area contributed by atoms with Gasteiger partial charge in [0, 0.05) is 22.3 Å². The van der Waals surface area contributed by atoms with Crippen molar-refractivity contribution in [1.29, 1.82) is 0 Å². The van der Waals surface area contributed by atoms with Crippen molar-refractivity contribution >= 4 is 27.5 Å². The SMILES string of the molecule is O=C(Cc1cc(-c2ccc(F)cc2F)on1)Nc1cccc(Br)c1. The molecule has 0 spiro atoms. The van der Waals surface area contributed by atoms with Gasteiger partial charge in [0.05, 0.1) is 17.7 Å². The number of rotatable bonds is 4. The maximum atomic E-state index is 13.7. The molecule has 0 atom stereocenters. The fourth-order valence-corrected chi connectivity index (χ4v) is 2.55. The van der Waals surface area contributed by atoms with Crippen LogP contribution in [0.4, 0.5) is 14.5 Å². The van der Waals surface area contributed by atoms with Crippen molar-refractivity contribution in [1.82, 2.24) is 5.16 Å². The fourth-order valence-electron chi connectivity index (χ4n) is 2.15. The molecule has 0 saturated carbocycles. The van der Waals surface area contributed by atoms with Crippen LogP contribution in [0.5, 0.6) is 0 Å². The van der Waals surface area contributed by atoms with Crippen LogP contribution < -0.4 is 5.32 Å². The molecule has 2 aromatic carbocycles. The lowest BCUT2D eigenvalue weighted by Crippen LogP contribution is -2.14. The summed E-state index contributed by atoms with van der Waals surface area (Å²) in [5, 5.41) is 6.47. The monoisotopic (exact) mass is 392 g/mol. The minimum Gasteiger partial charge on any atom is -0.356 e. The van der Waals surface area contributed by atoms with Crippen LogP contribution in [0.1, 0.15) is 5.69 Å². The van der Waals surface area contributed by atoms with Gasteiger partial charge >= 0.3 is 0 Å². The number of amides is 1. The van der Waals surface area contributed by atoms with Crippen LogP contribution in [-0.2, 0) is 11.2 Å². The van der Waals surface area contributed by atoms with Crippen molar-refractivity contribution in [3.05, 3.63) is 70.3 Å². The average Bonchev–Trinajstić information content (AvgIpc) is 2.95. The third kappa shape index (κ3) is 3.86. The first-order valence-electron chi connectivity index (χ1n) is 6.98. The van der Waals surface area contributed by atoms with Gasteiger partial charge in [-0.2, -0.15) is 0 Å². The van der Waals surface area contributed by atoms with E-state index >= 15 is 0 Å². The summed E-state index contributed by atoms with van der Waals surface area (Å²) in [5.41, 5.74) is 1.08. The Balaban J connectivity index is 1.70. The Labute approximate surface area is 144 Å². The fraction of sp³-hybridized carbons (Fsp3) is 0.0588. The summed E-state index contributed by atoms with van der Waals surface area (Å²) in [6.45, 7) is 0. The first kappa shape index (κ1) is 16.3. The Morgan fingerprint density at radius 2 is 2.00 bits per heavy atom.